The van der Waals surface area contributed by atoms with Gasteiger partial charge in [0.25, 0.3) is 6.43 Å². The molecular weight excluding hydrogens is 434 g/mol. The number of nitrogens with zero attached hydrogens (tertiary/aromatic N) is 6. The summed E-state index contributed by atoms with van der Waals surface area (Å²) in [6, 6.07) is 7.24. The van der Waals surface area contributed by atoms with Gasteiger partial charge >= 0.3 is 0 Å². The number of anilines is 3. The molecule has 0 spiro atoms. The van der Waals surface area contributed by atoms with Crippen molar-refractivity contribution in [1.82, 2.24) is 25.1 Å². The lowest BCUT2D eigenvalue weighted by molar-refractivity contribution is 0.0829. The monoisotopic (exact) mass is 458 g/mol. The van der Waals surface area contributed by atoms with Crippen molar-refractivity contribution < 1.29 is 18.3 Å². The van der Waals surface area contributed by atoms with E-state index >= 15 is 0 Å². The molecule has 2 fully saturated rings. The van der Waals surface area contributed by atoms with E-state index in [4.69, 9.17) is 19.4 Å². The van der Waals surface area contributed by atoms with Crippen molar-refractivity contribution in [1.29, 1.82) is 0 Å². The quantitative estimate of drug-likeness (QED) is 0.612. The van der Waals surface area contributed by atoms with Gasteiger partial charge in [-0.05, 0) is 25.0 Å². The van der Waals surface area contributed by atoms with Crippen LogP contribution in [0.25, 0.3) is 16.9 Å². The number of halogens is 2. The Balaban J connectivity index is 1.55. The van der Waals surface area contributed by atoms with E-state index in [2.05, 4.69) is 15.9 Å². The third-order valence-electron chi connectivity index (χ3n) is 6.23. The Kier molecular flexibility index (Phi) is 5.19. The smallest absolute Gasteiger partial charge is 0.296 e. The molecule has 0 unspecified atom stereocenters. The van der Waals surface area contributed by atoms with Crippen molar-refractivity contribution >= 4 is 28.5 Å². The van der Waals surface area contributed by atoms with Gasteiger partial charge in [-0.25, -0.2) is 13.8 Å². The topological polar surface area (TPSA) is 92.6 Å². The third-order valence-corrected chi connectivity index (χ3v) is 6.23. The second-order valence-corrected chi connectivity index (χ2v) is 8.19. The van der Waals surface area contributed by atoms with Crippen LogP contribution < -0.4 is 20.9 Å². The molecule has 3 aliphatic rings. The lowest BCUT2D eigenvalue weighted by atomic mass is 10.1. The molecule has 0 atom stereocenters. The standard InChI is InChI=1S/C21H24F2N8O2/c22-17(23)20-24-14-3-1-2-4-15(14)30(20)18-16-19(26-21(25-18)29-7-11-33-12-8-29)31(28-27-16)13-5-9-32-10-6-13/h1-4,13,17,27-28H,5-12H2. The van der Waals surface area contributed by atoms with Gasteiger partial charge in [-0.2, -0.15) is 9.97 Å². The summed E-state index contributed by atoms with van der Waals surface area (Å²) in [4.78, 5) is 15.9. The second kappa shape index (κ2) is 8.36. The van der Waals surface area contributed by atoms with Crippen LogP contribution in [0, 0.1) is 0 Å². The molecular formula is C21H24F2N8O2. The van der Waals surface area contributed by atoms with Gasteiger partial charge in [0, 0.05) is 26.3 Å². The fraction of sp³-hybridized carbons (Fsp3) is 0.476. The van der Waals surface area contributed by atoms with E-state index in [1.54, 1.807) is 24.3 Å². The van der Waals surface area contributed by atoms with Crippen LogP contribution in [-0.4, -0.2) is 65.1 Å². The summed E-state index contributed by atoms with van der Waals surface area (Å²) in [6.45, 7) is 3.70. The molecule has 2 N–H and O–H groups in total. The molecule has 174 valence electrons. The number of hydrogen-bond acceptors (Lipinski definition) is 9. The molecule has 0 radical (unpaired) electrons. The average molecular weight is 458 g/mol. The number of rotatable bonds is 4. The molecule has 3 aliphatic heterocycles. The molecule has 3 aromatic rings. The summed E-state index contributed by atoms with van der Waals surface area (Å²) < 4.78 is 40.7. The molecule has 0 saturated carbocycles. The first kappa shape index (κ1) is 20.5. The molecule has 0 bridgehead atoms. The summed E-state index contributed by atoms with van der Waals surface area (Å²) >= 11 is 0. The van der Waals surface area contributed by atoms with Gasteiger partial charge in [-0.1, -0.05) is 12.1 Å². The van der Waals surface area contributed by atoms with E-state index in [1.165, 1.54) is 4.57 Å². The molecule has 6 rings (SSSR count). The Bertz CT molecular complexity index is 1160. The van der Waals surface area contributed by atoms with E-state index in [0.29, 0.717) is 73.8 Å². The summed E-state index contributed by atoms with van der Waals surface area (Å²) in [6.07, 6.45) is -1.11. The Morgan fingerprint density at radius 3 is 2.45 bits per heavy atom. The number of hydrogen-bond donors (Lipinski definition) is 2. The first-order valence-corrected chi connectivity index (χ1v) is 11.1. The highest BCUT2D eigenvalue weighted by molar-refractivity contribution is 5.84. The van der Waals surface area contributed by atoms with Crippen LogP contribution >= 0.6 is 0 Å². The molecule has 10 nitrogen and oxygen atoms in total. The SMILES string of the molecule is FC(F)c1nc2ccccc2n1-c1nc(N2CCOCC2)nc2c1NNN2C1CCOCC1. The first-order chi connectivity index (χ1) is 16.2. The molecule has 2 saturated heterocycles. The summed E-state index contributed by atoms with van der Waals surface area (Å²) in [7, 11) is 0. The number of hydrazine groups is 2. The van der Waals surface area contributed by atoms with Gasteiger partial charge in [0.05, 0.1) is 30.3 Å². The highest BCUT2D eigenvalue weighted by atomic mass is 19.3. The van der Waals surface area contributed by atoms with Gasteiger partial charge < -0.3 is 14.4 Å². The second-order valence-electron chi connectivity index (χ2n) is 8.19. The largest absolute Gasteiger partial charge is 0.381 e. The average Bonchev–Trinajstić information content (AvgIpc) is 3.47. The fourth-order valence-electron chi connectivity index (χ4n) is 4.57. The Morgan fingerprint density at radius 2 is 1.67 bits per heavy atom. The minimum Gasteiger partial charge on any atom is -0.381 e. The van der Waals surface area contributed by atoms with Crippen molar-refractivity contribution in [3.63, 3.8) is 0 Å². The Morgan fingerprint density at radius 1 is 0.939 bits per heavy atom. The zero-order valence-corrected chi connectivity index (χ0v) is 17.9. The number of morpholine rings is 1. The summed E-state index contributed by atoms with van der Waals surface area (Å²) in [5.74, 6) is 1.10. The predicted molar refractivity (Wildman–Crippen MR) is 118 cm³/mol. The number of imidazole rings is 1. The van der Waals surface area contributed by atoms with Gasteiger partial charge in [0.2, 0.25) is 5.95 Å². The maximum absolute atomic E-state index is 14.1. The van der Waals surface area contributed by atoms with Gasteiger partial charge in [0.15, 0.2) is 17.5 Å². The highest BCUT2D eigenvalue weighted by Crippen LogP contribution is 2.39. The van der Waals surface area contributed by atoms with Crippen LogP contribution in [-0.2, 0) is 9.47 Å². The number of ether oxygens (including phenoxy) is 2. The van der Waals surface area contributed by atoms with E-state index in [-0.39, 0.29) is 11.9 Å². The van der Waals surface area contributed by atoms with E-state index in [0.717, 1.165) is 12.8 Å². The molecule has 12 heteroatoms. The minimum atomic E-state index is -2.77. The molecule has 0 amide bonds. The Labute approximate surface area is 188 Å². The Hall–Kier alpha value is -3.09. The van der Waals surface area contributed by atoms with Crippen LogP contribution in [0.3, 0.4) is 0 Å². The highest BCUT2D eigenvalue weighted by Gasteiger charge is 2.35. The van der Waals surface area contributed by atoms with Crippen LogP contribution in [0.15, 0.2) is 24.3 Å². The van der Waals surface area contributed by atoms with E-state index < -0.39 is 6.43 Å². The molecule has 0 aliphatic carbocycles. The number of fused-ring (bicyclic) bond motifs is 2. The first-order valence-electron chi connectivity index (χ1n) is 11.1. The van der Waals surface area contributed by atoms with E-state index in [1.807, 2.05) is 9.91 Å². The third kappa shape index (κ3) is 3.54. The van der Waals surface area contributed by atoms with Crippen molar-refractivity contribution in [3.8, 4) is 5.82 Å². The maximum atomic E-state index is 14.1. The molecule has 33 heavy (non-hydrogen) atoms. The minimum absolute atomic E-state index is 0.155. The zero-order chi connectivity index (χ0) is 22.4. The lowest BCUT2D eigenvalue weighted by Crippen LogP contribution is -2.47. The van der Waals surface area contributed by atoms with E-state index in [9.17, 15) is 8.78 Å². The molecule has 1 aromatic carbocycles. The number of para-hydroxylation sites is 2. The van der Waals surface area contributed by atoms with Gasteiger partial charge in [-0.3, -0.25) is 15.0 Å². The number of alkyl halides is 2. The maximum Gasteiger partial charge on any atom is 0.296 e. The number of nitrogens with one attached hydrogen (secondary N) is 2. The van der Waals surface area contributed by atoms with Gasteiger partial charge in [0.1, 0.15) is 5.69 Å². The molecule has 5 heterocycles. The van der Waals surface area contributed by atoms with Crippen LogP contribution in [0.2, 0.25) is 0 Å². The summed E-state index contributed by atoms with van der Waals surface area (Å²) in [5, 5.41) is 1.97. The van der Waals surface area contributed by atoms with Crippen molar-refractivity contribution in [2.75, 3.05) is 54.9 Å². The van der Waals surface area contributed by atoms with Crippen molar-refractivity contribution in [3.05, 3.63) is 30.1 Å². The van der Waals surface area contributed by atoms with Crippen LogP contribution in [0.4, 0.5) is 26.2 Å². The van der Waals surface area contributed by atoms with Crippen molar-refractivity contribution in [2.24, 2.45) is 0 Å². The van der Waals surface area contributed by atoms with Crippen LogP contribution in [0.5, 0.6) is 0 Å². The lowest BCUT2D eigenvalue weighted by Gasteiger charge is -2.32. The number of aromatic nitrogens is 4. The summed E-state index contributed by atoms with van der Waals surface area (Å²) in [5.41, 5.74) is 7.91. The predicted octanol–water partition coefficient (Wildman–Crippen LogP) is 2.42. The van der Waals surface area contributed by atoms with Gasteiger partial charge in [-0.15, -0.1) is 5.53 Å². The fourth-order valence-corrected chi connectivity index (χ4v) is 4.57. The number of benzene rings is 1. The molecule has 2 aromatic heterocycles. The zero-order valence-electron chi connectivity index (χ0n) is 17.9. The normalized spacial score (nSPS) is 19.4. The van der Waals surface area contributed by atoms with Crippen LogP contribution in [0.1, 0.15) is 25.1 Å². The van der Waals surface area contributed by atoms with Crippen molar-refractivity contribution in [2.45, 2.75) is 25.3 Å².